The van der Waals surface area contributed by atoms with E-state index in [9.17, 15) is 19.7 Å². The molecule has 7 heteroatoms. The highest BCUT2D eigenvalue weighted by Crippen LogP contribution is 2.42. The average Bonchev–Trinajstić information content (AvgIpc) is 2.95. The number of carbonyl (C=O) groups is 2. The lowest BCUT2D eigenvalue weighted by Gasteiger charge is -2.19. The predicted octanol–water partition coefficient (Wildman–Crippen LogP) is 4.68. The van der Waals surface area contributed by atoms with Gasteiger partial charge >= 0.3 is 0 Å². The van der Waals surface area contributed by atoms with Crippen LogP contribution in [-0.4, -0.2) is 16.7 Å². The summed E-state index contributed by atoms with van der Waals surface area (Å²) in [4.78, 5) is 37.8. The molecule has 0 bridgehead atoms. The lowest BCUT2D eigenvalue weighted by atomic mass is 9.81. The first-order valence-corrected chi connectivity index (χ1v) is 9.77. The minimum absolute atomic E-state index is 0.198. The zero-order valence-electron chi connectivity index (χ0n) is 16.4. The maximum absolute atomic E-state index is 12.9. The van der Waals surface area contributed by atoms with Gasteiger partial charge < -0.3 is 4.74 Å². The van der Waals surface area contributed by atoms with E-state index in [0.29, 0.717) is 18.6 Å². The first-order chi connectivity index (χ1) is 13.8. The van der Waals surface area contributed by atoms with Crippen molar-refractivity contribution in [2.45, 2.75) is 39.5 Å². The van der Waals surface area contributed by atoms with Crippen molar-refractivity contribution in [2.75, 3.05) is 4.90 Å². The van der Waals surface area contributed by atoms with E-state index < -0.39 is 4.92 Å². The molecule has 2 aliphatic rings. The Morgan fingerprint density at radius 2 is 1.66 bits per heavy atom. The number of rotatable bonds is 4. The highest BCUT2D eigenvalue weighted by Gasteiger charge is 2.49. The van der Waals surface area contributed by atoms with Crippen molar-refractivity contribution < 1.29 is 19.2 Å². The summed E-state index contributed by atoms with van der Waals surface area (Å²) in [5, 5.41) is 11.5. The molecular formula is C22H22N2O5. The number of imide groups is 1. The van der Waals surface area contributed by atoms with E-state index in [-0.39, 0.29) is 40.8 Å². The van der Waals surface area contributed by atoms with Crippen LogP contribution in [0.4, 0.5) is 11.4 Å². The average molecular weight is 394 g/mol. The topological polar surface area (TPSA) is 89.8 Å². The maximum Gasteiger partial charge on any atom is 0.275 e. The van der Waals surface area contributed by atoms with Gasteiger partial charge in [0.2, 0.25) is 11.8 Å². The largest absolute Gasteiger partial charge is 0.457 e. The van der Waals surface area contributed by atoms with Crippen LogP contribution in [-0.2, 0) is 9.59 Å². The minimum atomic E-state index is -0.544. The first-order valence-electron chi connectivity index (χ1n) is 9.77. The number of non-ortho nitro benzene ring substituents is 1. The molecule has 4 rings (SSSR count). The summed E-state index contributed by atoms with van der Waals surface area (Å²) in [7, 11) is 0. The molecule has 1 aliphatic carbocycles. The Bertz CT molecular complexity index is 992. The van der Waals surface area contributed by atoms with Crippen LogP contribution in [0.15, 0.2) is 36.4 Å². The number of amides is 2. The number of ether oxygens (including phenoxy) is 1. The van der Waals surface area contributed by atoms with E-state index in [1.54, 1.807) is 0 Å². The summed E-state index contributed by atoms with van der Waals surface area (Å²) in [5.74, 6) is -0.379. The third-order valence-corrected chi connectivity index (χ3v) is 5.76. The van der Waals surface area contributed by atoms with Crippen LogP contribution in [0, 0.1) is 35.8 Å². The fraction of sp³-hybridized carbons (Fsp3) is 0.364. The van der Waals surface area contributed by atoms with Gasteiger partial charge in [-0.25, -0.2) is 4.90 Å². The van der Waals surface area contributed by atoms with E-state index in [0.717, 1.165) is 28.9 Å². The summed E-state index contributed by atoms with van der Waals surface area (Å²) < 4.78 is 5.92. The molecule has 29 heavy (non-hydrogen) atoms. The monoisotopic (exact) mass is 394 g/mol. The van der Waals surface area contributed by atoms with Crippen LogP contribution in [0.1, 0.15) is 36.8 Å². The van der Waals surface area contributed by atoms with Crippen molar-refractivity contribution in [2.24, 2.45) is 11.8 Å². The number of nitrogens with zero attached hydrogens (tertiary/aromatic N) is 2. The van der Waals surface area contributed by atoms with Gasteiger partial charge in [0, 0.05) is 12.1 Å². The van der Waals surface area contributed by atoms with E-state index in [2.05, 4.69) is 0 Å². The highest BCUT2D eigenvalue weighted by atomic mass is 16.6. The van der Waals surface area contributed by atoms with Gasteiger partial charge in [-0.05, 0) is 43.9 Å². The number of hydrogen-bond acceptors (Lipinski definition) is 5. The Hall–Kier alpha value is -3.22. The van der Waals surface area contributed by atoms with E-state index >= 15 is 0 Å². The van der Waals surface area contributed by atoms with Gasteiger partial charge in [0.25, 0.3) is 5.69 Å². The van der Waals surface area contributed by atoms with Crippen molar-refractivity contribution in [3.63, 3.8) is 0 Å². The van der Waals surface area contributed by atoms with Crippen LogP contribution >= 0.6 is 0 Å². The highest BCUT2D eigenvalue weighted by molar-refractivity contribution is 6.22. The lowest BCUT2D eigenvalue weighted by Crippen LogP contribution is -2.30. The predicted molar refractivity (Wildman–Crippen MR) is 107 cm³/mol. The number of fused-ring (bicyclic) bond motifs is 1. The molecule has 7 nitrogen and oxygen atoms in total. The summed E-state index contributed by atoms with van der Waals surface area (Å²) in [6.45, 7) is 3.81. The van der Waals surface area contributed by atoms with E-state index in [1.165, 1.54) is 18.2 Å². The fourth-order valence-electron chi connectivity index (χ4n) is 4.22. The van der Waals surface area contributed by atoms with Crippen molar-refractivity contribution in [1.29, 1.82) is 0 Å². The molecule has 2 atom stereocenters. The summed E-state index contributed by atoms with van der Waals surface area (Å²) >= 11 is 0. The molecule has 0 spiro atoms. The Labute approximate surface area is 168 Å². The van der Waals surface area contributed by atoms with Crippen molar-refractivity contribution in [3.8, 4) is 11.5 Å². The zero-order chi connectivity index (χ0) is 20.7. The molecular weight excluding hydrogens is 372 g/mol. The fourth-order valence-corrected chi connectivity index (χ4v) is 4.22. The van der Waals surface area contributed by atoms with Crippen LogP contribution < -0.4 is 9.64 Å². The normalized spacial score (nSPS) is 21.2. The SMILES string of the molecule is Cc1ccc(C)c(Oc2cc(N3C(=O)[C@H]4CCCC[C@H]4C3=O)cc([N+](=O)[O-])c2)c1. The molecule has 2 aromatic carbocycles. The molecule has 150 valence electrons. The van der Waals surface area contributed by atoms with Crippen molar-refractivity contribution in [3.05, 3.63) is 57.6 Å². The second kappa shape index (κ2) is 7.31. The zero-order valence-corrected chi connectivity index (χ0v) is 16.4. The number of hydrogen-bond donors (Lipinski definition) is 0. The van der Waals surface area contributed by atoms with Crippen LogP contribution in [0.5, 0.6) is 11.5 Å². The summed E-state index contributed by atoms with van der Waals surface area (Å²) in [6, 6.07) is 9.80. The number of carbonyl (C=O) groups excluding carboxylic acids is 2. The van der Waals surface area contributed by atoms with Gasteiger partial charge in [-0.3, -0.25) is 19.7 Å². The molecule has 1 aliphatic heterocycles. The standard InChI is InChI=1S/C22H22N2O5/c1-13-7-8-14(2)20(9-13)29-17-11-15(10-16(12-17)24(27)28)23-21(25)18-5-3-4-6-19(18)22(23)26/h7-12,18-19H,3-6H2,1-2H3/t18-,19+. The van der Waals surface area contributed by atoms with Gasteiger partial charge in [0.05, 0.1) is 28.5 Å². The van der Waals surface area contributed by atoms with Gasteiger partial charge in [-0.2, -0.15) is 0 Å². The molecule has 1 heterocycles. The smallest absolute Gasteiger partial charge is 0.275 e. The van der Waals surface area contributed by atoms with E-state index in [1.807, 2.05) is 32.0 Å². The van der Waals surface area contributed by atoms with E-state index in [4.69, 9.17) is 4.74 Å². The number of nitro groups is 1. The van der Waals surface area contributed by atoms with Crippen molar-refractivity contribution >= 4 is 23.2 Å². The summed E-state index contributed by atoms with van der Waals surface area (Å²) in [6.07, 6.45) is 3.22. The molecule has 0 N–H and O–H groups in total. The Kier molecular flexibility index (Phi) is 4.82. The van der Waals surface area contributed by atoms with Gasteiger partial charge in [0.15, 0.2) is 0 Å². The quantitative estimate of drug-likeness (QED) is 0.426. The molecule has 2 amide bonds. The number of benzene rings is 2. The minimum Gasteiger partial charge on any atom is -0.457 e. The van der Waals surface area contributed by atoms with Gasteiger partial charge in [-0.1, -0.05) is 25.0 Å². The molecule has 0 radical (unpaired) electrons. The Balaban J connectivity index is 1.74. The Morgan fingerprint density at radius 1 is 1.00 bits per heavy atom. The second-order valence-electron chi connectivity index (χ2n) is 7.82. The Morgan fingerprint density at radius 3 is 2.28 bits per heavy atom. The van der Waals surface area contributed by atoms with Crippen molar-refractivity contribution in [1.82, 2.24) is 0 Å². The van der Waals surface area contributed by atoms with Crippen LogP contribution in [0.2, 0.25) is 0 Å². The third-order valence-electron chi connectivity index (χ3n) is 5.76. The molecule has 2 aromatic rings. The third kappa shape index (κ3) is 3.48. The number of nitro benzene ring substituents is 1. The first kappa shape index (κ1) is 19.1. The van der Waals surface area contributed by atoms with Crippen LogP contribution in [0.3, 0.4) is 0 Å². The van der Waals surface area contributed by atoms with Gasteiger partial charge in [-0.15, -0.1) is 0 Å². The molecule has 2 fully saturated rings. The molecule has 0 unspecified atom stereocenters. The number of anilines is 1. The maximum atomic E-state index is 12.9. The second-order valence-corrected chi connectivity index (χ2v) is 7.82. The lowest BCUT2D eigenvalue weighted by molar-refractivity contribution is -0.384. The van der Waals surface area contributed by atoms with Crippen LogP contribution in [0.25, 0.3) is 0 Å². The summed E-state index contributed by atoms with van der Waals surface area (Å²) in [5.41, 5.74) is 1.84. The van der Waals surface area contributed by atoms with Gasteiger partial charge in [0.1, 0.15) is 11.5 Å². The molecule has 0 aromatic heterocycles. The molecule has 1 saturated heterocycles. The number of aryl methyl sites for hydroxylation is 2. The molecule has 1 saturated carbocycles.